The van der Waals surface area contributed by atoms with Gasteiger partial charge in [0.05, 0.1) is 13.0 Å². The summed E-state index contributed by atoms with van der Waals surface area (Å²) < 4.78 is 0. The number of aromatic nitrogens is 1. The summed E-state index contributed by atoms with van der Waals surface area (Å²) in [6.45, 7) is -0.414. The normalized spacial score (nSPS) is 21.0. The topological polar surface area (TPSA) is 269 Å². The second-order valence-electron chi connectivity index (χ2n) is 11.4. The van der Waals surface area contributed by atoms with Crippen molar-refractivity contribution in [2.24, 2.45) is 22.2 Å². The Bertz CT molecular complexity index is 1670. The number of fused-ring (bicyclic) bond motifs is 1. The van der Waals surface area contributed by atoms with E-state index >= 15 is 0 Å². The van der Waals surface area contributed by atoms with Gasteiger partial charge in [0.25, 0.3) is 0 Å². The van der Waals surface area contributed by atoms with Crippen molar-refractivity contribution in [3.8, 4) is 0 Å². The maximum atomic E-state index is 13.8. The summed E-state index contributed by atoms with van der Waals surface area (Å²) >= 11 is 0. The fraction of sp³-hybridized carbons (Fsp3) is 0.344. The number of para-hydroxylation sites is 1. The number of hydrogen-bond acceptors (Lipinski definition) is 7. The van der Waals surface area contributed by atoms with Gasteiger partial charge in [0.1, 0.15) is 24.2 Å². The van der Waals surface area contributed by atoms with Crippen molar-refractivity contribution >= 4 is 52.3 Å². The van der Waals surface area contributed by atoms with Gasteiger partial charge in [-0.15, -0.1) is 0 Å². The number of nitrogens with two attached hydrogens (primary N) is 3. The molecule has 1 aliphatic rings. The summed E-state index contributed by atoms with van der Waals surface area (Å²) in [5.41, 5.74) is 18.5. The second kappa shape index (κ2) is 16.6. The fourth-order valence-electron chi connectivity index (χ4n) is 5.32. The molecule has 4 atom stereocenters. The highest BCUT2D eigenvalue weighted by molar-refractivity contribution is 5.98. The van der Waals surface area contributed by atoms with Crippen LogP contribution in [0.1, 0.15) is 30.4 Å². The predicted molar refractivity (Wildman–Crippen MR) is 177 cm³/mol. The zero-order valence-electron chi connectivity index (χ0n) is 26.2. The van der Waals surface area contributed by atoms with E-state index in [0.717, 1.165) is 16.5 Å². The quantitative estimate of drug-likeness (QED) is 0.0662. The number of H-pyrrole nitrogens is 1. The molecule has 1 fully saturated rings. The second-order valence-corrected chi connectivity index (χ2v) is 11.4. The zero-order valence-corrected chi connectivity index (χ0v) is 26.2. The number of aliphatic imine (C=N–C) groups is 1. The van der Waals surface area contributed by atoms with Crippen LogP contribution in [0.15, 0.2) is 65.8 Å². The molecule has 1 aromatic heterocycles. The number of rotatable bonds is 10. The first-order valence-electron chi connectivity index (χ1n) is 15.4. The number of carbonyl (C=O) groups is 6. The third kappa shape index (κ3) is 10.0. The van der Waals surface area contributed by atoms with Crippen LogP contribution in [0.5, 0.6) is 0 Å². The Kier molecular flexibility index (Phi) is 12.1. The van der Waals surface area contributed by atoms with Crippen LogP contribution in [0, 0.1) is 0 Å². The molecule has 4 rings (SSSR count). The van der Waals surface area contributed by atoms with E-state index in [4.69, 9.17) is 17.2 Å². The van der Waals surface area contributed by atoms with Crippen LogP contribution >= 0.6 is 0 Å². The number of carbonyl (C=O) groups excluding carboxylic acids is 6. The van der Waals surface area contributed by atoms with Crippen LogP contribution in [0.4, 0.5) is 0 Å². The highest BCUT2D eigenvalue weighted by Crippen LogP contribution is 2.19. The zero-order chi connectivity index (χ0) is 34.6. The molecule has 0 unspecified atom stereocenters. The van der Waals surface area contributed by atoms with E-state index in [1.54, 1.807) is 36.5 Å². The average molecular weight is 661 g/mol. The highest BCUT2D eigenvalue weighted by Gasteiger charge is 2.33. The molecular formula is C32H40N10O6. The molecule has 3 aromatic rings. The summed E-state index contributed by atoms with van der Waals surface area (Å²) in [5.74, 6) is -4.75. The molecule has 48 heavy (non-hydrogen) atoms. The van der Waals surface area contributed by atoms with Gasteiger partial charge >= 0.3 is 0 Å². The van der Waals surface area contributed by atoms with E-state index in [1.807, 2.05) is 24.3 Å². The van der Waals surface area contributed by atoms with Crippen molar-refractivity contribution in [2.45, 2.75) is 56.3 Å². The summed E-state index contributed by atoms with van der Waals surface area (Å²) in [7, 11) is 0. The van der Waals surface area contributed by atoms with Gasteiger partial charge in [0, 0.05) is 36.5 Å². The van der Waals surface area contributed by atoms with Crippen LogP contribution in [-0.2, 0) is 41.6 Å². The first-order chi connectivity index (χ1) is 23.0. The largest absolute Gasteiger partial charge is 0.370 e. The van der Waals surface area contributed by atoms with Crippen LogP contribution < -0.4 is 43.8 Å². The SMILES string of the molecule is NC(=O)C[C@@H]1NC(=O)CNC(=O)[C@H](Cc2c[nH]c3ccccc23)NC(=O)[C@H](CCCN=C(N)N)NC(=O)[C@@H](Cc2ccccc2)NC1=O. The Labute approximate surface area is 276 Å². The molecule has 0 bridgehead atoms. The minimum atomic E-state index is -1.44. The number of hydrogen-bond donors (Lipinski definition) is 9. The Balaban J connectivity index is 1.69. The van der Waals surface area contributed by atoms with Gasteiger partial charge in [0.2, 0.25) is 35.4 Å². The third-order valence-electron chi connectivity index (χ3n) is 7.71. The monoisotopic (exact) mass is 660 g/mol. The molecule has 16 heteroatoms. The van der Waals surface area contributed by atoms with Crippen LogP contribution in [0.3, 0.4) is 0 Å². The number of primary amides is 1. The Morgan fingerprint density at radius 2 is 1.35 bits per heavy atom. The molecular weight excluding hydrogens is 620 g/mol. The lowest BCUT2D eigenvalue weighted by Gasteiger charge is -2.26. The lowest BCUT2D eigenvalue weighted by Crippen LogP contribution is -2.58. The van der Waals surface area contributed by atoms with E-state index in [9.17, 15) is 28.8 Å². The minimum Gasteiger partial charge on any atom is -0.370 e. The molecule has 16 nitrogen and oxygen atoms in total. The number of nitrogens with one attached hydrogen (secondary N) is 6. The van der Waals surface area contributed by atoms with Crippen molar-refractivity contribution in [1.29, 1.82) is 0 Å². The van der Waals surface area contributed by atoms with E-state index in [2.05, 4.69) is 36.6 Å². The van der Waals surface area contributed by atoms with E-state index in [1.165, 1.54) is 0 Å². The molecule has 2 heterocycles. The molecule has 254 valence electrons. The maximum Gasteiger partial charge on any atom is 0.243 e. The van der Waals surface area contributed by atoms with Gasteiger partial charge in [-0.3, -0.25) is 33.8 Å². The molecule has 0 saturated carbocycles. The van der Waals surface area contributed by atoms with Crippen LogP contribution in [0.25, 0.3) is 10.9 Å². The first kappa shape index (κ1) is 34.9. The molecule has 0 spiro atoms. The van der Waals surface area contributed by atoms with Gasteiger partial charge in [-0.25, -0.2) is 0 Å². The van der Waals surface area contributed by atoms with Crippen LogP contribution in [0.2, 0.25) is 0 Å². The lowest BCUT2D eigenvalue weighted by molar-refractivity contribution is -0.134. The van der Waals surface area contributed by atoms with Gasteiger partial charge in [-0.05, 0) is 30.0 Å². The average Bonchev–Trinajstić information content (AvgIpc) is 3.46. The van der Waals surface area contributed by atoms with Gasteiger partial charge in [-0.2, -0.15) is 0 Å². The van der Waals surface area contributed by atoms with E-state index in [-0.39, 0.29) is 38.2 Å². The molecule has 1 saturated heterocycles. The smallest absolute Gasteiger partial charge is 0.243 e. The number of aromatic amines is 1. The molecule has 12 N–H and O–H groups in total. The van der Waals surface area contributed by atoms with Crippen molar-refractivity contribution in [3.05, 3.63) is 71.9 Å². The molecule has 2 aromatic carbocycles. The van der Waals surface area contributed by atoms with Crippen molar-refractivity contribution < 1.29 is 28.8 Å². The minimum absolute atomic E-state index is 0.0151. The Morgan fingerprint density at radius 1 is 0.729 bits per heavy atom. The fourth-order valence-corrected chi connectivity index (χ4v) is 5.32. The Morgan fingerprint density at radius 3 is 2.06 bits per heavy atom. The maximum absolute atomic E-state index is 13.8. The van der Waals surface area contributed by atoms with Crippen molar-refractivity contribution in [2.75, 3.05) is 13.1 Å². The lowest BCUT2D eigenvalue weighted by atomic mass is 10.0. The summed E-state index contributed by atoms with van der Waals surface area (Å²) in [6, 6.07) is 11.2. The van der Waals surface area contributed by atoms with E-state index in [0.29, 0.717) is 5.56 Å². The number of guanidine groups is 1. The predicted octanol–water partition coefficient (Wildman–Crippen LogP) is -2.05. The van der Waals surface area contributed by atoms with Gasteiger partial charge in [-0.1, -0.05) is 48.5 Å². The number of amides is 6. The summed E-state index contributed by atoms with van der Waals surface area (Å²) in [4.78, 5) is 86.3. The highest BCUT2D eigenvalue weighted by atomic mass is 16.2. The summed E-state index contributed by atoms with van der Waals surface area (Å²) in [5, 5.41) is 13.8. The van der Waals surface area contributed by atoms with Gasteiger partial charge in [0.15, 0.2) is 5.96 Å². The third-order valence-corrected chi connectivity index (χ3v) is 7.71. The number of nitrogens with zero attached hydrogens (tertiary/aromatic N) is 1. The summed E-state index contributed by atoms with van der Waals surface area (Å²) in [6.07, 6.45) is 1.57. The molecule has 6 amide bonds. The number of benzene rings is 2. The molecule has 0 aliphatic carbocycles. The molecule has 0 radical (unpaired) electrons. The van der Waals surface area contributed by atoms with Gasteiger partial charge < -0.3 is 48.8 Å². The molecule has 1 aliphatic heterocycles. The van der Waals surface area contributed by atoms with Crippen molar-refractivity contribution in [1.82, 2.24) is 31.6 Å². The van der Waals surface area contributed by atoms with Crippen LogP contribution in [-0.4, -0.2) is 83.6 Å². The Hall–Kier alpha value is -5.93. The van der Waals surface area contributed by atoms with E-state index < -0.39 is 72.6 Å². The van der Waals surface area contributed by atoms with Crippen molar-refractivity contribution in [3.63, 3.8) is 0 Å². The first-order valence-corrected chi connectivity index (χ1v) is 15.4. The standard InChI is InChI=1S/C32H40N10O6/c33-26(43)15-25-31(48)41-23(13-18-7-2-1-3-8-18)30(47)40-22(11-6-12-36-32(34)35)29(46)42-24(28(45)38-17-27(44)39-25)14-19-16-37-21-10-5-4-9-20(19)21/h1-5,7-10,16,22-25,37H,6,11-15,17H2,(H2,33,43)(H,38,45)(H,39,44)(H,40,47)(H,41,48)(H,42,46)(H4,34,35,36)/t22-,23+,24-,25-/m0/s1.